The largest absolute Gasteiger partial charge is 0.497 e. The van der Waals surface area contributed by atoms with Gasteiger partial charge in [-0.05, 0) is 41.8 Å². The van der Waals surface area contributed by atoms with Crippen LogP contribution in [0, 0.1) is 0 Å². The van der Waals surface area contributed by atoms with Gasteiger partial charge in [-0.1, -0.05) is 32.0 Å². The molecular weight excluding hydrogens is 318 g/mol. The number of rotatable bonds is 6. The third-order valence-corrected chi connectivity index (χ3v) is 3.61. The first-order valence-electron chi connectivity index (χ1n) is 8.07. The van der Waals surface area contributed by atoms with E-state index in [4.69, 9.17) is 4.74 Å². The summed E-state index contributed by atoms with van der Waals surface area (Å²) in [5, 5.41) is 8.02. The molecule has 0 unspecified atom stereocenters. The van der Waals surface area contributed by atoms with E-state index in [1.54, 1.807) is 31.4 Å². The van der Waals surface area contributed by atoms with E-state index < -0.39 is 6.03 Å². The number of carbonyl (C=O) groups excluding carboxylic acids is 2. The van der Waals surface area contributed by atoms with E-state index in [-0.39, 0.29) is 12.5 Å². The molecule has 6 heteroatoms. The summed E-state index contributed by atoms with van der Waals surface area (Å²) in [5.74, 6) is 0.718. The van der Waals surface area contributed by atoms with E-state index in [2.05, 4.69) is 29.8 Å². The molecule has 2 aromatic rings. The zero-order chi connectivity index (χ0) is 18.2. The van der Waals surface area contributed by atoms with Gasteiger partial charge in [-0.25, -0.2) is 4.79 Å². The molecule has 3 amide bonds. The van der Waals surface area contributed by atoms with Crippen molar-refractivity contribution >= 4 is 23.3 Å². The van der Waals surface area contributed by atoms with E-state index in [9.17, 15) is 9.59 Å². The lowest BCUT2D eigenvalue weighted by Gasteiger charge is -2.14. The normalized spacial score (nSPS) is 10.2. The van der Waals surface area contributed by atoms with Crippen molar-refractivity contribution in [3.05, 3.63) is 54.1 Å². The fourth-order valence-electron chi connectivity index (χ4n) is 2.32. The Morgan fingerprint density at radius 1 is 1.00 bits per heavy atom. The lowest BCUT2D eigenvalue weighted by molar-refractivity contribution is -0.115. The van der Waals surface area contributed by atoms with Crippen LogP contribution in [0.4, 0.5) is 16.2 Å². The number of hydrogen-bond acceptors (Lipinski definition) is 3. The fraction of sp³-hybridized carbons (Fsp3) is 0.263. The maximum absolute atomic E-state index is 12.1. The highest BCUT2D eigenvalue weighted by Gasteiger charge is 2.10. The van der Waals surface area contributed by atoms with Crippen LogP contribution in [0.15, 0.2) is 48.5 Å². The molecule has 0 aliphatic carbocycles. The highest BCUT2D eigenvalue weighted by molar-refractivity contribution is 5.97. The third-order valence-electron chi connectivity index (χ3n) is 3.61. The van der Waals surface area contributed by atoms with Crippen molar-refractivity contribution in [1.82, 2.24) is 5.32 Å². The maximum atomic E-state index is 12.1. The number of methoxy groups -OCH3 is 1. The van der Waals surface area contributed by atoms with Crippen molar-refractivity contribution in [2.75, 3.05) is 24.3 Å². The van der Waals surface area contributed by atoms with Crippen LogP contribution in [0.2, 0.25) is 0 Å². The van der Waals surface area contributed by atoms with Crippen LogP contribution >= 0.6 is 0 Å². The molecule has 0 saturated carbocycles. The minimum Gasteiger partial charge on any atom is -0.497 e. The summed E-state index contributed by atoms with van der Waals surface area (Å²) in [6, 6.07) is 14.1. The predicted octanol–water partition coefficient (Wildman–Crippen LogP) is 3.58. The Hall–Kier alpha value is -3.02. The number of hydrogen-bond donors (Lipinski definition) is 3. The van der Waals surface area contributed by atoms with Crippen LogP contribution in [0.25, 0.3) is 0 Å². The summed E-state index contributed by atoms with van der Waals surface area (Å²) in [6.45, 7) is 4.01. The molecule has 0 heterocycles. The van der Waals surface area contributed by atoms with Crippen LogP contribution in [-0.4, -0.2) is 25.6 Å². The quantitative estimate of drug-likeness (QED) is 0.751. The van der Waals surface area contributed by atoms with Crippen LogP contribution in [0.1, 0.15) is 25.3 Å². The summed E-state index contributed by atoms with van der Waals surface area (Å²) >= 11 is 0. The molecule has 0 bridgehead atoms. The molecule has 2 rings (SSSR count). The number of benzene rings is 2. The van der Waals surface area contributed by atoms with Gasteiger partial charge in [0.15, 0.2) is 0 Å². The van der Waals surface area contributed by atoms with Crippen molar-refractivity contribution in [2.45, 2.75) is 19.8 Å². The topological polar surface area (TPSA) is 79.5 Å². The standard InChI is InChI=1S/C19H23N3O3/c1-13(2)16-6-4-5-7-17(16)22-18(23)12-20-19(24)21-14-8-10-15(25-3)11-9-14/h4-11,13H,12H2,1-3H3,(H,22,23)(H2,20,21,24). The Morgan fingerprint density at radius 3 is 2.32 bits per heavy atom. The lowest BCUT2D eigenvalue weighted by atomic mass is 10.0. The third kappa shape index (κ3) is 5.53. The number of amides is 3. The summed E-state index contributed by atoms with van der Waals surface area (Å²) < 4.78 is 5.05. The molecule has 6 nitrogen and oxygen atoms in total. The monoisotopic (exact) mass is 341 g/mol. The number of urea groups is 1. The number of nitrogens with one attached hydrogen (secondary N) is 3. The van der Waals surface area contributed by atoms with Crippen molar-refractivity contribution in [3.63, 3.8) is 0 Å². The van der Waals surface area contributed by atoms with Crippen molar-refractivity contribution in [1.29, 1.82) is 0 Å². The first-order chi connectivity index (χ1) is 12.0. The van der Waals surface area contributed by atoms with Gasteiger partial charge in [0.2, 0.25) is 5.91 Å². The molecule has 25 heavy (non-hydrogen) atoms. The smallest absolute Gasteiger partial charge is 0.319 e. The van der Waals surface area contributed by atoms with E-state index in [0.29, 0.717) is 17.4 Å². The SMILES string of the molecule is COc1ccc(NC(=O)NCC(=O)Nc2ccccc2C(C)C)cc1. The van der Waals surface area contributed by atoms with Crippen molar-refractivity contribution < 1.29 is 14.3 Å². The molecule has 2 aromatic carbocycles. The maximum Gasteiger partial charge on any atom is 0.319 e. The fourth-order valence-corrected chi connectivity index (χ4v) is 2.32. The van der Waals surface area contributed by atoms with Gasteiger partial charge in [0, 0.05) is 11.4 Å². The van der Waals surface area contributed by atoms with Gasteiger partial charge < -0.3 is 20.7 Å². The van der Waals surface area contributed by atoms with E-state index >= 15 is 0 Å². The first kappa shape index (κ1) is 18.3. The van der Waals surface area contributed by atoms with Crippen LogP contribution in [0.5, 0.6) is 5.75 Å². The molecule has 0 fully saturated rings. The average molecular weight is 341 g/mol. The van der Waals surface area contributed by atoms with E-state index in [1.807, 2.05) is 24.3 Å². The van der Waals surface area contributed by atoms with E-state index in [1.165, 1.54) is 0 Å². The van der Waals surface area contributed by atoms with Crippen LogP contribution in [0.3, 0.4) is 0 Å². The second-order valence-corrected chi connectivity index (χ2v) is 5.83. The molecule has 0 radical (unpaired) electrons. The van der Waals surface area contributed by atoms with Gasteiger partial charge in [-0.15, -0.1) is 0 Å². The van der Waals surface area contributed by atoms with Gasteiger partial charge in [0.1, 0.15) is 5.75 Å². The zero-order valence-corrected chi connectivity index (χ0v) is 14.6. The lowest BCUT2D eigenvalue weighted by Crippen LogP contribution is -2.35. The molecule has 132 valence electrons. The minimum atomic E-state index is -0.447. The Labute approximate surface area is 147 Å². The van der Waals surface area contributed by atoms with Crippen LogP contribution in [-0.2, 0) is 4.79 Å². The molecule has 0 aliphatic heterocycles. The predicted molar refractivity (Wildman–Crippen MR) is 99.2 cm³/mol. The molecule has 0 atom stereocenters. The zero-order valence-electron chi connectivity index (χ0n) is 14.6. The van der Waals surface area contributed by atoms with Crippen molar-refractivity contribution in [3.8, 4) is 5.75 Å². The van der Waals surface area contributed by atoms with Gasteiger partial charge >= 0.3 is 6.03 Å². The highest BCUT2D eigenvalue weighted by Crippen LogP contribution is 2.23. The van der Waals surface area contributed by atoms with E-state index in [0.717, 1.165) is 11.3 Å². The number of carbonyl (C=O) groups is 2. The van der Waals surface area contributed by atoms with Gasteiger partial charge in [0.25, 0.3) is 0 Å². The number of ether oxygens (including phenoxy) is 1. The second-order valence-electron chi connectivity index (χ2n) is 5.83. The molecule has 0 saturated heterocycles. The molecule has 0 spiro atoms. The second kappa shape index (κ2) is 8.73. The van der Waals surface area contributed by atoms with Gasteiger partial charge in [0.05, 0.1) is 13.7 Å². The van der Waals surface area contributed by atoms with Crippen molar-refractivity contribution in [2.24, 2.45) is 0 Å². The molecular formula is C19H23N3O3. The first-order valence-corrected chi connectivity index (χ1v) is 8.07. The Kier molecular flexibility index (Phi) is 6.39. The summed E-state index contributed by atoms with van der Waals surface area (Å²) in [6.07, 6.45) is 0. The number of para-hydroxylation sites is 1. The summed E-state index contributed by atoms with van der Waals surface area (Å²) in [7, 11) is 1.57. The van der Waals surface area contributed by atoms with Crippen LogP contribution < -0.4 is 20.7 Å². The molecule has 0 aliphatic rings. The van der Waals surface area contributed by atoms with Gasteiger partial charge in [-0.2, -0.15) is 0 Å². The summed E-state index contributed by atoms with van der Waals surface area (Å²) in [5.41, 5.74) is 2.43. The van der Waals surface area contributed by atoms with Gasteiger partial charge in [-0.3, -0.25) is 4.79 Å². The molecule has 0 aromatic heterocycles. The average Bonchev–Trinajstić information content (AvgIpc) is 2.61. The Bertz CT molecular complexity index is 727. The minimum absolute atomic E-state index is 0.117. The Morgan fingerprint density at radius 2 is 1.68 bits per heavy atom. The Balaban J connectivity index is 1.84. The summed E-state index contributed by atoms with van der Waals surface area (Å²) in [4.78, 5) is 23.9. The molecule has 3 N–H and O–H groups in total. The number of anilines is 2. The highest BCUT2D eigenvalue weighted by atomic mass is 16.5.